The molecule has 1 aliphatic carbocycles. The van der Waals surface area contributed by atoms with E-state index in [0.717, 1.165) is 19.1 Å². The second-order valence-electron chi connectivity index (χ2n) is 8.02. The smallest absolute Gasteiger partial charge is 0.0367 e. The Labute approximate surface area is 182 Å². The van der Waals surface area contributed by atoms with Gasteiger partial charge in [0.15, 0.2) is 0 Å². The van der Waals surface area contributed by atoms with Crippen LogP contribution < -0.4 is 11.1 Å². The van der Waals surface area contributed by atoms with Gasteiger partial charge in [0.25, 0.3) is 0 Å². The van der Waals surface area contributed by atoms with Crippen LogP contribution in [0.15, 0.2) is 60.7 Å². The van der Waals surface area contributed by atoms with Crippen LogP contribution in [-0.4, -0.2) is 37.1 Å². The highest BCUT2D eigenvalue weighted by Crippen LogP contribution is 2.40. The first kappa shape index (κ1) is 24.8. The molecule has 1 aliphatic heterocycles. The molecule has 1 saturated heterocycles. The fraction of sp³-hybridized carbons (Fsp3) is 0.478. The minimum Gasteiger partial charge on any atom is -0.369 e. The van der Waals surface area contributed by atoms with Crippen LogP contribution in [0.5, 0.6) is 0 Å². The quantitative estimate of drug-likeness (QED) is 0.686. The highest BCUT2D eigenvalue weighted by molar-refractivity contribution is 5.85. The van der Waals surface area contributed by atoms with Crippen LogP contribution in [0.1, 0.15) is 38.2 Å². The second-order valence-corrected chi connectivity index (χ2v) is 8.02. The van der Waals surface area contributed by atoms with E-state index in [1.807, 2.05) is 0 Å². The number of hydrogen-bond acceptors (Lipinski definition) is 3. The highest BCUT2D eigenvalue weighted by atomic mass is 35.5. The molecule has 1 saturated carbocycles. The topological polar surface area (TPSA) is 41.5 Å². The van der Waals surface area contributed by atoms with E-state index < -0.39 is 0 Å². The maximum absolute atomic E-state index is 2.75. The summed E-state index contributed by atoms with van der Waals surface area (Å²) in [5.41, 5.74) is 3.29. The van der Waals surface area contributed by atoms with Gasteiger partial charge in [-0.2, -0.15) is 0 Å². The number of halogens is 2. The van der Waals surface area contributed by atoms with Crippen LogP contribution in [0.25, 0.3) is 0 Å². The lowest BCUT2D eigenvalue weighted by molar-refractivity contribution is 0.122. The Kier molecular flexibility index (Phi) is 9.79. The molecular weight excluding hydrogens is 389 g/mol. The number of hydrogen-bond donors (Lipinski definition) is 1. The van der Waals surface area contributed by atoms with E-state index in [4.69, 9.17) is 0 Å². The van der Waals surface area contributed by atoms with E-state index in [0.29, 0.717) is 5.41 Å². The monoisotopic (exact) mass is 423 g/mol. The van der Waals surface area contributed by atoms with Crippen molar-refractivity contribution in [2.24, 2.45) is 0 Å². The first-order chi connectivity index (χ1) is 12.2. The van der Waals surface area contributed by atoms with Crippen molar-refractivity contribution in [3.63, 3.8) is 0 Å². The van der Waals surface area contributed by atoms with E-state index in [-0.39, 0.29) is 31.0 Å². The van der Waals surface area contributed by atoms with Gasteiger partial charge in [0.2, 0.25) is 0 Å². The summed E-state index contributed by atoms with van der Waals surface area (Å²) in [6.07, 6.45) is 5.33. The van der Waals surface area contributed by atoms with E-state index in [1.165, 1.54) is 50.0 Å². The lowest BCUT2D eigenvalue weighted by atomic mass is 9.69. The molecule has 28 heavy (non-hydrogen) atoms. The number of nitrogens with zero attached hydrogens (tertiary/aromatic N) is 2. The van der Waals surface area contributed by atoms with Crippen LogP contribution in [0.2, 0.25) is 0 Å². The van der Waals surface area contributed by atoms with Crippen molar-refractivity contribution in [3.8, 4) is 0 Å². The Morgan fingerprint density at radius 1 is 0.750 bits per heavy atom. The Hall–Kier alpha value is -1.26. The van der Waals surface area contributed by atoms with Crippen LogP contribution in [0, 0.1) is 0 Å². The lowest BCUT2D eigenvalue weighted by Gasteiger charge is -2.45. The van der Waals surface area contributed by atoms with E-state index in [9.17, 15) is 0 Å². The van der Waals surface area contributed by atoms with Gasteiger partial charge < -0.3 is 11.1 Å². The van der Waals surface area contributed by atoms with Crippen molar-refractivity contribution in [1.29, 1.82) is 0 Å². The average molecular weight is 424 g/mol. The van der Waals surface area contributed by atoms with E-state index in [2.05, 4.69) is 77.4 Å². The molecule has 2 aromatic carbocycles. The van der Waals surface area contributed by atoms with Crippen LogP contribution in [-0.2, 0) is 5.41 Å². The molecule has 2 aliphatic rings. The minimum atomic E-state index is 0. The molecule has 0 bridgehead atoms. The third-order valence-corrected chi connectivity index (χ3v) is 6.48. The summed E-state index contributed by atoms with van der Waals surface area (Å²) in [5, 5.41) is 0. The van der Waals surface area contributed by atoms with Crippen molar-refractivity contribution in [2.45, 2.75) is 44.1 Å². The Bertz CT molecular complexity index is 665. The molecule has 0 spiro atoms. The molecule has 156 valence electrons. The molecule has 3 nitrogen and oxygen atoms in total. The molecule has 4 rings (SSSR count). The van der Waals surface area contributed by atoms with Crippen molar-refractivity contribution in [1.82, 2.24) is 11.1 Å². The van der Waals surface area contributed by atoms with Gasteiger partial charge in [-0.1, -0.05) is 55.5 Å². The molecule has 0 aromatic heterocycles. The number of anilines is 1. The predicted octanol–water partition coefficient (Wildman–Crippen LogP) is 5.71. The highest BCUT2D eigenvalue weighted by Gasteiger charge is 2.35. The van der Waals surface area contributed by atoms with Crippen LogP contribution in [0.4, 0.5) is 5.69 Å². The zero-order valence-corrected chi connectivity index (χ0v) is 18.6. The Balaban J connectivity index is 0.00000131. The molecule has 0 amide bonds. The minimum absolute atomic E-state index is 0. The molecule has 1 heterocycles. The summed E-state index contributed by atoms with van der Waals surface area (Å²) in [5.74, 6) is 0. The maximum atomic E-state index is 2.75. The maximum Gasteiger partial charge on any atom is 0.0367 e. The number of piperazine rings is 1. The number of benzene rings is 2. The number of rotatable bonds is 3. The van der Waals surface area contributed by atoms with Gasteiger partial charge in [0.05, 0.1) is 0 Å². The molecule has 2 aromatic rings. The van der Waals surface area contributed by atoms with Gasteiger partial charge in [0.1, 0.15) is 0 Å². The van der Waals surface area contributed by atoms with Gasteiger partial charge in [-0.15, -0.1) is 24.8 Å². The SMILES string of the molecule is CC1(c2ccccc2)CCC(N2CCN(c3ccccc3)CC2)CC1.Cl.Cl.N. The van der Waals surface area contributed by atoms with Crippen LogP contribution >= 0.6 is 24.8 Å². The average Bonchev–Trinajstić information content (AvgIpc) is 2.70. The summed E-state index contributed by atoms with van der Waals surface area (Å²) >= 11 is 0. The van der Waals surface area contributed by atoms with E-state index in [1.54, 1.807) is 0 Å². The second kappa shape index (κ2) is 11.1. The summed E-state index contributed by atoms with van der Waals surface area (Å²) in [6.45, 7) is 7.21. The fourth-order valence-corrected chi connectivity index (χ4v) is 4.72. The molecule has 0 unspecified atom stereocenters. The van der Waals surface area contributed by atoms with E-state index >= 15 is 0 Å². The van der Waals surface area contributed by atoms with Gasteiger partial charge in [0, 0.05) is 37.9 Å². The van der Waals surface area contributed by atoms with Gasteiger partial charge in [-0.3, -0.25) is 4.90 Å². The predicted molar refractivity (Wildman–Crippen MR) is 126 cm³/mol. The van der Waals surface area contributed by atoms with Gasteiger partial charge in [-0.25, -0.2) is 0 Å². The van der Waals surface area contributed by atoms with Crippen molar-refractivity contribution >= 4 is 30.5 Å². The van der Waals surface area contributed by atoms with Gasteiger partial charge in [-0.05, 0) is 48.8 Å². The zero-order valence-electron chi connectivity index (χ0n) is 16.9. The zero-order chi connectivity index (χ0) is 17.1. The molecule has 0 atom stereocenters. The number of para-hydroxylation sites is 1. The summed E-state index contributed by atoms with van der Waals surface area (Å²) in [6, 6.07) is 22.8. The lowest BCUT2D eigenvalue weighted by Crippen LogP contribution is -2.52. The molecule has 0 radical (unpaired) electrons. The first-order valence-corrected chi connectivity index (χ1v) is 9.84. The summed E-state index contributed by atoms with van der Waals surface area (Å²) in [7, 11) is 0. The molecule has 2 fully saturated rings. The molecule has 3 N–H and O–H groups in total. The molecular formula is C23H35Cl2N3. The Morgan fingerprint density at radius 3 is 1.79 bits per heavy atom. The summed E-state index contributed by atoms with van der Waals surface area (Å²) < 4.78 is 0. The van der Waals surface area contributed by atoms with Gasteiger partial charge >= 0.3 is 0 Å². The molecule has 5 heteroatoms. The normalized spacial score (nSPS) is 25.0. The third kappa shape index (κ3) is 5.42. The van der Waals surface area contributed by atoms with Crippen LogP contribution in [0.3, 0.4) is 0 Å². The van der Waals surface area contributed by atoms with Crippen molar-refractivity contribution < 1.29 is 0 Å². The van der Waals surface area contributed by atoms with Crippen molar-refractivity contribution in [3.05, 3.63) is 66.2 Å². The third-order valence-electron chi connectivity index (χ3n) is 6.48. The first-order valence-electron chi connectivity index (χ1n) is 9.84. The standard InChI is InChI=1S/C23H30N2.2ClH.H3N/c1-23(20-8-4-2-5-9-20)14-12-22(13-15-23)25-18-16-24(17-19-25)21-10-6-3-7-11-21;;;/h2-11,22H,12-19H2,1H3;2*1H;1H3. The Morgan fingerprint density at radius 2 is 1.25 bits per heavy atom. The fourth-order valence-electron chi connectivity index (χ4n) is 4.72. The summed E-state index contributed by atoms with van der Waals surface area (Å²) in [4.78, 5) is 5.29. The largest absolute Gasteiger partial charge is 0.369 e. The van der Waals surface area contributed by atoms with Crippen molar-refractivity contribution in [2.75, 3.05) is 31.1 Å².